The second kappa shape index (κ2) is 7.80. The highest BCUT2D eigenvalue weighted by Crippen LogP contribution is 2.18. The van der Waals surface area contributed by atoms with Crippen molar-refractivity contribution in [1.29, 1.82) is 0 Å². The van der Waals surface area contributed by atoms with Gasteiger partial charge in [-0.3, -0.25) is 4.79 Å². The van der Waals surface area contributed by atoms with Crippen LogP contribution in [0.4, 0.5) is 0 Å². The molecule has 0 atom stereocenters. The first-order chi connectivity index (χ1) is 9.25. The Labute approximate surface area is 126 Å². The zero-order chi connectivity index (χ0) is 13.5. The Balaban J connectivity index is 1.58. The Morgan fingerprint density at radius 1 is 1.37 bits per heavy atom. The van der Waals surface area contributed by atoms with E-state index in [9.17, 15) is 4.79 Å². The van der Waals surface area contributed by atoms with Gasteiger partial charge in [-0.2, -0.15) is 0 Å². The van der Waals surface area contributed by atoms with Crippen LogP contribution < -0.4 is 4.74 Å². The van der Waals surface area contributed by atoms with Crippen molar-refractivity contribution in [3.8, 4) is 5.75 Å². The number of carbonyl (C=O) groups is 1. The van der Waals surface area contributed by atoms with Crippen molar-refractivity contribution in [3.63, 3.8) is 0 Å². The molecular weight excluding hydrogens is 326 g/mol. The van der Waals surface area contributed by atoms with Crippen LogP contribution in [-0.2, 0) is 4.79 Å². The maximum Gasteiger partial charge on any atom is 0.232 e. The van der Waals surface area contributed by atoms with E-state index in [0.717, 1.165) is 41.9 Å². The molecule has 1 aromatic rings. The summed E-state index contributed by atoms with van der Waals surface area (Å²) in [4.78, 5) is 13.7. The molecule has 1 saturated heterocycles. The lowest BCUT2D eigenvalue weighted by Crippen LogP contribution is -2.29. The van der Waals surface area contributed by atoms with E-state index in [4.69, 9.17) is 4.74 Å². The number of thioether (sulfide) groups is 1. The third kappa shape index (κ3) is 5.07. The van der Waals surface area contributed by atoms with Crippen LogP contribution in [0.5, 0.6) is 5.75 Å². The summed E-state index contributed by atoms with van der Waals surface area (Å²) >= 11 is 5.05. The molecule has 1 aromatic carbocycles. The molecule has 0 bridgehead atoms. The Bertz CT molecular complexity index is 422. The number of benzene rings is 1. The van der Waals surface area contributed by atoms with Crippen molar-refractivity contribution >= 4 is 33.6 Å². The fourth-order valence-electron chi connectivity index (χ4n) is 1.99. The predicted molar refractivity (Wildman–Crippen MR) is 82.8 cm³/mol. The number of hydrogen-bond donors (Lipinski definition) is 0. The zero-order valence-electron chi connectivity index (χ0n) is 10.8. The van der Waals surface area contributed by atoms with Crippen molar-refractivity contribution in [1.82, 2.24) is 4.90 Å². The summed E-state index contributed by atoms with van der Waals surface area (Å²) in [6.45, 7) is 2.51. The average Bonchev–Trinajstić information content (AvgIpc) is 2.92. The highest BCUT2D eigenvalue weighted by molar-refractivity contribution is 9.10. The van der Waals surface area contributed by atoms with Gasteiger partial charge in [0.1, 0.15) is 5.75 Å². The number of nitrogens with zero attached hydrogens (tertiary/aromatic N) is 1. The fraction of sp³-hybridized carbons (Fsp3) is 0.500. The summed E-state index contributed by atoms with van der Waals surface area (Å²) in [6, 6.07) is 7.80. The lowest BCUT2D eigenvalue weighted by atomic mass is 10.3. The Morgan fingerprint density at radius 3 is 2.89 bits per heavy atom. The number of likely N-dealkylation sites (tertiary alicyclic amines) is 1. The molecule has 0 saturated carbocycles. The molecular formula is C14H18BrNO2S. The standard InChI is InChI=1S/C14H18BrNO2S/c15-12-4-3-5-13(10-12)18-8-9-19-11-14(17)16-6-1-2-7-16/h3-5,10H,1-2,6-9,11H2. The summed E-state index contributed by atoms with van der Waals surface area (Å²) in [5.74, 6) is 2.54. The van der Waals surface area contributed by atoms with Crippen molar-refractivity contribution in [2.75, 3.05) is 31.2 Å². The molecule has 1 aliphatic heterocycles. The largest absolute Gasteiger partial charge is 0.493 e. The van der Waals surface area contributed by atoms with Gasteiger partial charge in [0.25, 0.3) is 0 Å². The van der Waals surface area contributed by atoms with E-state index in [-0.39, 0.29) is 5.91 Å². The zero-order valence-corrected chi connectivity index (χ0v) is 13.2. The summed E-state index contributed by atoms with van der Waals surface area (Å²) in [5.41, 5.74) is 0. The first kappa shape index (κ1) is 14.7. The van der Waals surface area contributed by atoms with Gasteiger partial charge < -0.3 is 9.64 Å². The van der Waals surface area contributed by atoms with E-state index in [1.165, 1.54) is 0 Å². The van der Waals surface area contributed by atoms with Gasteiger partial charge in [-0.15, -0.1) is 11.8 Å². The third-order valence-corrected chi connectivity index (χ3v) is 4.38. The second-order valence-electron chi connectivity index (χ2n) is 4.45. The molecule has 1 amide bonds. The van der Waals surface area contributed by atoms with Gasteiger partial charge in [-0.1, -0.05) is 22.0 Å². The molecule has 0 aromatic heterocycles. The van der Waals surface area contributed by atoms with Crippen LogP contribution in [0.25, 0.3) is 0 Å². The lowest BCUT2D eigenvalue weighted by molar-refractivity contribution is -0.127. The molecule has 1 heterocycles. The second-order valence-corrected chi connectivity index (χ2v) is 6.47. The average molecular weight is 344 g/mol. The number of ether oxygens (including phenoxy) is 1. The van der Waals surface area contributed by atoms with Crippen LogP contribution in [0.15, 0.2) is 28.7 Å². The van der Waals surface area contributed by atoms with Crippen molar-refractivity contribution in [2.24, 2.45) is 0 Å². The van der Waals surface area contributed by atoms with Crippen LogP contribution in [-0.4, -0.2) is 42.0 Å². The minimum atomic E-state index is 0.268. The van der Waals surface area contributed by atoms with Crippen molar-refractivity contribution < 1.29 is 9.53 Å². The van der Waals surface area contributed by atoms with Crippen LogP contribution in [0.2, 0.25) is 0 Å². The van der Waals surface area contributed by atoms with Gasteiger partial charge in [0.15, 0.2) is 0 Å². The molecule has 5 heteroatoms. The van der Waals surface area contributed by atoms with Gasteiger partial charge in [0.2, 0.25) is 5.91 Å². The number of rotatable bonds is 6. The quantitative estimate of drug-likeness (QED) is 0.743. The fourth-order valence-corrected chi connectivity index (χ4v) is 3.07. The number of halogens is 1. The summed E-state index contributed by atoms with van der Waals surface area (Å²) < 4.78 is 6.63. The maximum atomic E-state index is 11.8. The Hall–Kier alpha value is -0.680. The van der Waals surface area contributed by atoms with E-state index in [2.05, 4.69) is 15.9 Å². The van der Waals surface area contributed by atoms with Crippen LogP contribution in [0.1, 0.15) is 12.8 Å². The molecule has 19 heavy (non-hydrogen) atoms. The van der Waals surface area contributed by atoms with Crippen LogP contribution in [0.3, 0.4) is 0 Å². The van der Waals surface area contributed by atoms with Gasteiger partial charge in [-0.05, 0) is 31.0 Å². The molecule has 0 unspecified atom stereocenters. The molecule has 1 aliphatic rings. The van der Waals surface area contributed by atoms with Gasteiger partial charge in [0.05, 0.1) is 12.4 Å². The Morgan fingerprint density at radius 2 is 2.16 bits per heavy atom. The number of carbonyl (C=O) groups excluding carboxylic acids is 1. The van der Waals surface area contributed by atoms with E-state index < -0.39 is 0 Å². The van der Waals surface area contributed by atoms with Crippen LogP contribution >= 0.6 is 27.7 Å². The van der Waals surface area contributed by atoms with E-state index in [0.29, 0.717) is 12.4 Å². The number of amides is 1. The minimum absolute atomic E-state index is 0.268. The maximum absolute atomic E-state index is 11.8. The molecule has 0 radical (unpaired) electrons. The molecule has 3 nitrogen and oxygen atoms in total. The first-order valence-corrected chi connectivity index (χ1v) is 8.44. The monoisotopic (exact) mass is 343 g/mol. The minimum Gasteiger partial charge on any atom is -0.493 e. The lowest BCUT2D eigenvalue weighted by Gasteiger charge is -2.14. The van der Waals surface area contributed by atoms with Crippen molar-refractivity contribution in [2.45, 2.75) is 12.8 Å². The van der Waals surface area contributed by atoms with Gasteiger partial charge >= 0.3 is 0 Å². The Kier molecular flexibility index (Phi) is 6.04. The van der Waals surface area contributed by atoms with Gasteiger partial charge in [-0.25, -0.2) is 0 Å². The summed E-state index contributed by atoms with van der Waals surface area (Å²) in [7, 11) is 0. The molecule has 0 spiro atoms. The molecule has 0 aliphatic carbocycles. The molecule has 104 valence electrons. The predicted octanol–water partition coefficient (Wildman–Crippen LogP) is 3.18. The van der Waals surface area contributed by atoms with E-state index in [1.807, 2.05) is 29.2 Å². The van der Waals surface area contributed by atoms with Gasteiger partial charge in [0, 0.05) is 23.3 Å². The summed E-state index contributed by atoms with van der Waals surface area (Å²) in [6.07, 6.45) is 2.31. The summed E-state index contributed by atoms with van der Waals surface area (Å²) in [5, 5.41) is 0. The van der Waals surface area contributed by atoms with Crippen molar-refractivity contribution in [3.05, 3.63) is 28.7 Å². The molecule has 2 rings (SSSR count). The number of hydrogen-bond acceptors (Lipinski definition) is 3. The highest BCUT2D eigenvalue weighted by atomic mass is 79.9. The highest BCUT2D eigenvalue weighted by Gasteiger charge is 2.17. The van der Waals surface area contributed by atoms with Crippen LogP contribution in [0, 0.1) is 0 Å². The molecule has 1 fully saturated rings. The van der Waals surface area contributed by atoms with E-state index >= 15 is 0 Å². The van der Waals surface area contributed by atoms with E-state index in [1.54, 1.807) is 11.8 Å². The smallest absolute Gasteiger partial charge is 0.232 e. The first-order valence-electron chi connectivity index (χ1n) is 6.49. The topological polar surface area (TPSA) is 29.5 Å². The third-order valence-electron chi connectivity index (χ3n) is 2.98. The normalized spacial score (nSPS) is 14.7. The molecule has 0 N–H and O–H groups in total. The SMILES string of the molecule is O=C(CSCCOc1cccc(Br)c1)N1CCCC1.